The third-order valence-electron chi connectivity index (χ3n) is 4.35. The van der Waals surface area contributed by atoms with Gasteiger partial charge >= 0.3 is 5.97 Å². The molecular formula is C19H21NO6S. The van der Waals surface area contributed by atoms with E-state index in [1.807, 2.05) is 6.07 Å². The van der Waals surface area contributed by atoms with E-state index in [9.17, 15) is 14.7 Å². The first-order valence-electron chi connectivity index (χ1n) is 8.45. The van der Waals surface area contributed by atoms with E-state index in [2.05, 4.69) is 5.32 Å². The molecule has 0 saturated carbocycles. The molecule has 7 nitrogen and oxygen atoms in total. The van der Waals surface area contributed by atoms with Gasteiger partial charge in [-0.25, -0.2) is 0 Å². The fourth-order valence-corrected chi connectivity index (χ4v) is 4.04. The van der Waals surface area contributed by atoms with Crippen LogP contribution in [0.25, 0.3) is 0 Å². The summed E-state index contributed by atoms with van der Waals surface area (Å²) in [5.74, 6) is -0.291. The summed E-state index contributed by atoms with van der Waals surface area (Å²) in [6, 6.07) is 6.23. The first kappa shape index (κ1) is 19.2. The SMILES string of the molecule is COc1ccc(C(CC(=O)O)NC(=O)c2cc3c(s2)CCOC3)cc1OC. The Kier molecular flexibility index (Phi) is 5.98. The van der Waals surface area contributed by atoms with Crippen LogP contribution in [0.3, 0.4) is 0 Å². The number of rotatable bonds is 7. The molecule has 1 aromatic heterocycles. The molecule has 0 fully saturated rings. The molecule has 1 amide bonds. The molecule has 0 spiro atoms. The van der Waals surface area contributed by atoms with Crippen molar-refractivity contribution in [3.8, 4) is 11.5 Å². The molecule has 27 heavy (non-hydrogen) atoms. The standard InChI is InChI=1S/C19H21NO6S/c1-24-14-4-3-11(7-15(14)25-2)13(9-18(21)22)20-19(23)17-8-12-10-26-6-5-16(12)27-17/h3-4,7-8,13H,5-6,9-10H2,1-2H3,(H,20,23)(H,21,22). The normalized spacial score (nSPS) is 14.1. The van der Waals surface area contributed by atoms with Gasteiger partial charge in [0.2, 0.25) is 0 Å². The van der Waals surface area contributed by atoms with Gasteiger partial charge in [0.1, 0.15) is 0 Å². The van der Waals surface area contributed by atoms with Crippen LogP contribution >= 0.6 is 11.3 Å². The van der Waals surface area contributed by atoms with Gasteiger partial charge in [-0.2, -0.15) is 0 Å². The average molecular weight is 391 g/mol. The van der Waals surface area contributed by atoms with E-state index in [0.29, 0.717) is 35.2 Å². The summed E-state index contributed by atoms with van der Waals surface area (Å²) in [5, 5.41) is 12.1. The van der Waals surface area contributed by atoms with Crippen molar-refractivity contribution < 1.29 is 28.9 Å². The fraction of sp³-hybridized carbons (Fsp3) is 0.368. The highest BCUT2D eigenvalue weighted by Crippen LogP contribution is 2.32. The van der Waals surface area contributed by atoms with Gasteiger partial charge in [-0.3, -0.25) is 9.59 Å². The van der Waals surface area contributed by atoms with Gasteiger partial charge in [0.15, 0.2) is 11.5 Å². The van der Waals surface area contributed by atoms with Crippen LogP contribution < -0.4 is 14.8 Å². The van der Waals surface area contributed by atoms with Crippen LogP contribution in [0.1, 0.15) is 38.1 Å². The van der Waals surface area contributed by atoms with Gasteiger partial charge in [-0.05, 0) is 29.3 Å². The summed E-state index contributed by atoms with van der Waals surface area (Å²) in [4.78, 5) is 25.7. The number of fused-ring (bicyclic) bond motifs is 1. The Hall–Kier alpha value is -2.58. The van der Waals surface area contributed by atoms with Gasteiger partial charge in [0.25, 0.3) is 5.91 Å². The Labute approximate surface area is 160 Å². The van der Waals surface area contributed by atoms with Gasteiger partial charge in [-0.1, -0.05) is 6.07 Å². The highest BCUT2D eigenvalue weighted by atomic mass is 32.1. The number of ether oxygens (including phenoxy) is 3. The Morgan fingerprint density at radius 2 is 2.04 bits per heavy atom. The maximum Gasteiger partial charge on any atom is 0.305 e. The van der Waals surface area contributed by atoms with Crippen molar-refractivity contribution in [1.29, 1.82) is 0 Å². The lowest BCUT2D eigenvalue weighted by molar-refractivity contribution is -0.137. The van der Waals surface area contributed by atoms with Crippen molar-refractivity contribution in [2.24, 2.45) is 0 Å². The van der Waals surface area contributed by atoms with Crippen LogP contribution in [0.2, 0.25) is 0 Å². The number of hydrogen-bond acceptors (Lipinski definition) is 6. The van der Waals surface area contributed by atoms with Crippen LogP contribution in [0.15, 0.2) is 24.3 Å². The number of methoxy groups -OCH3 is 2. The van der Waals surface area contributed by atoms with Gasteiger partial charge in [-0.15, -0.1) is 11.3 Å². The van der Waals surface area contributed by atoms with E-state index in [-0.39, 0.29) is 12.3 Å². The van der Waals surface area contributed by atoms with Crippen molar-refractivity contribution >= 4 is 23.2 Å². The zero-order valence-corrected chi connectivity index (χ0v) is 15.9. The minimum absolute atomic E-state index is 0.241. The zero-order valence-electron chi connectivity index (χ0n) is 15.1. The molecule has 2 heterocycles. The van der Waals surface area contributed by atoms with E-state index in [1.54, 1.807) is 18.2 Å². The molecule has 144 valence electrons. The van der Waals surface area contributed by atoms with Crippen molar-refractivity contribution in [2.45, 2.75) is 25.5 Å². The first-order chi connectivity index (χ1) is 13.0. The topological polar surface area (TPSA) is 94.1 Å². The summed E-state index contributed by atoms with van der Waals surface area (Å²) in [7, 11) is 3.03. The molecule has 0 bridgehead atoms. The number of nitrogens with one attached hydrogen (secondary N) is 1. The van der Waals surface area contributed by atoms with Crippen molar-refractivity contribution in [1.82, 2.24) is 5.32 Å². The van der Waals surface area contributed by atoms with Crippen LogP contribution in [0.5, 0.6) is 11.5 Å². The lowest BCUT2D eigenvalue weighted by Gasteiger charge is -2.18. The second kappa shape index (κ2) is 8.41. The number of carbonyl (C=O) groups excluding carboxylic acids is 1. The molecule has 8 heteroatoms. The maximum absolute atomic E-state index is 12.7. The number of carboxylic acids is 1. The van der Waals surface area contributed by atoms with E-state index in [0.717, 1.165) is 16.9 Å². The molecule has 1 atom stereocenters. The summed E-state index contributed by atoms with van der Waals surface area (Å²) in [6.45, 7) is 1.16. The Morgan fingerprint density at radius 1 is 1.26 bits per heavy atom. The van der Waals surface area contributed by atoms with Crippen LogP contribution in [-0.4, -0.2) is 37.8 Å². The zero-order chi connectivity index (χ0) is 19.4. The predicted molar refractivity (Wildman–Crippen MR) is 99.7 cm³/mol. The van der Waals surface area contributed by atoms with E-state index in [4.69, 9.17) is 14.2 Å². The Balaban J connectivity index is 1.83. The van der Waals surface area contributed by atoms with E-state index >= 15 is 0 Å². The van der Waals surface area contributed by atoms with E-state index < -0.39 is 12.0 Å². The average Bonchev–Trinajstić information content (AvgIpc) is 3.11. The molecule has 0 aliphatic carbocycles. The van der Waals surface area contributed by atoms with Crippen LogP contribution in [0, 0.1) is 0 Å². The van der Waals surface area contributed by atoms with Crippen molar-refractivity contribution in [2.75, 3.05) is 20.8 Å². The quantitative estimate of drug-likeness (QED) is 0.754. The molecule has 2 aromatic rings. The van der Waals surface area contributed by atoms with Crippen LogP contribution in [-0.2, 0) is 22.6 Å². The molecule has 1 aromatic carbocycles. The number of aliphatic carboxylic acids is 1. The maximum atomic E-state index is 12.7. The summed E-state index contributed by atoms with van der Waals surface area (Å²) >= 11 is 1.43. The summed E-state index contributed by atoms with van der Waals surface area (Å²) in [6.07, 6.45) is 0.553. The second-order valence-electron chi connectivity index (χ2n) is 6.10. The third kappa shape index (κ3) is 4.40. The fourth-order valence-electron chi connectivity index (χ4n) is 2.98. The number of thiophene rings is 1. The summed E-state index contributed by atoms with van der Waals surface area (Å²) in [5.41, 5.74) is 1.66. The number of carboxylic acid groups (broad SMARTS) is 1. The molecule has 1 aliphatic heterocycles. The Bertz CT molecular complexity index is 823. The molecule has 0 saturated heterocycles. The van der Waals surface area contributed by atoms with E-state index in [1.165, 1.54) is 25.6 Å². The minimum atomic E-state index is -1.01. The van der Waals surface area contributed by atoms with Gasteiger partial charge in [0.05, 0.1) is 44.8 Å². The second-order valence-corrected chi connectivity index (χ2v) is 7.24. The minimum Gasteiger partial charge on any atom is -0.493 e. The van der Waals surface area contributed by atoms with Crippen molar-refractivity contribution in [3.05, 3.63) is 45.1 Å². The number of hydrogen-bond donors (Lipinski definition) is 2. The number of carbonyl (C=O) groups is 2. The highest BCUT2D eigenvalue weighted by Gasteiger charge is 2.23. The smallest absolute Gasteiger partial charge is 0.305 e. The molecular weight excluding hydrogens is 370 g/mol. The molecule has 1 aliphatic rings. The predicted octanol–water partition coefficient (Wildman–Crippen LogP) is 2.78. The number of benzene rings is 1. The van der Waals surface area contributed by atoms with Gasteiger partial charge < -0.3 is 24.6 Å². The third-order valence-corrected chi connectivity index (χ3v) is 5.58. The first-order valence-corrected chi connectivity index (χ1v) is 9.27. The Morgan fingerprint density at radius 3 is 2.70 bits per heavy atom. The monoisotopic (exact) mass is 391 g/mol. The molecule has 2 N–H and O–H groups in total. The molecule has 3 rings (SSSR count). The van der Waals surface area contributed by atoms with Crippen LogP contribution in [0.4, 0.5) is 0 Å². The molecule has 0 radical (unpaired) electrons. The van der Waals surface area contributed by atoms with Gasteiger partial charge in [0, 0.05) is 11.3 Å². The largest absolute Gasteiger partial charge is 0.493 e. The summed E-state index contributed by atoms with van der Waals surface area (Å²) < 4.78 is 15.9. The lowest BCUT2D eigenvalue weighted by Crippen LogP contribution is -2.29. The highest BCUT2D eigenvalue weighted by molar-refractivity contribution is 7.14. The number of amides is 1. The van der Waals surface area contributed by atoms with Crippen molar-refractivity contribution in [3.63, 3.8) is 0 Å². The lowest BCUT2D eigenvalue weighted by atomic mass is 10.0. The molecule has 1 unspecified atom stereocenters.